The summed E-state index contributed by atoms with van der Waals surface area (Å²) in [5, 5.41) is 7.74. The van der Waals surface area contributed by atoms with E-state index in [9.17, 15) is 8.42 Å². The van der Waals surface area contributed by atoms with E-state index in [0.717, 1.165) is 11.1 Å². The monoisotopic (exact) mass is 330 g/mol. The van der Waals surface area contributed by atoms with Crippen LogP contribution in [0, 0.1) is 6.92 Å². The van der Waals surface area contributed by atoms with Gasteiger partial charge in [-0.25, -0.2) is 13.1 Å². The van der Waals surface area contributed by atoms with Gasteiger partial charge in [0.1, 0.15) is 0 Å². The first-order valence-electron chi connectivity index (χ1n) is 6.84. The van der Waals surface area contributed by atoms with Crippen molar-refractivity contribution >= 4 is 10.0 Å². The zero-order valence-electron chi connectivity index (χ0n) is 12.3. The minimum Gasteiger partial charge on any atom is -0.419 e. The molecule has 2 heterocycles. The molecule has 0 saturated carbocycles. The normalized spacial score (nSPS) is 11.5. The molecule has 1 aromatic carbocycles. The summed E-state index contributed by atoms with van der Waals surface area (Å²) < 4.78 is 32.3. The zero-order chi connectivity index (χ0) is 16.3. The number of benzene rings is 1. The molecule has 3 aromatic rings. The van der Waals surface area contributed by atoms with Gasteiger partial charge < -0.3 is 4.42 Å². The fraction of sp³-hybridized carbons (Fsp3) is 0.133. The van der Waals surface area contributed by atoms with Crippen molar-refractivity contribution in [2.45, 2.75) is 18.4 Å². The number of nitrogens with one attached hydrogen (secondary N) is 1. The van der Waals surface area contributed by atoms with E-state index in [1.54, 1.807) is 36.7 Å². The van der Waals surface area contributed by atoms with E-state index in [1.807, 2.05) is 13.0 Å². The first-order valence-corrected chi connectivity index (χ1v) is 8.32. The maximum absolute atomic E-state index is 12.2. The van der Waals surface area contributed by atoms with E-state index in [2.05, 4.69) is 19.9 Å². The molecule has 0 aliphatic rings. The van der Waals surface area contributed by atoms with E-state index in [-0.39, 0.29) is 17.3 Å². The molecule has 0 spiro atoms. The Morgan fingerprint density at radius 1 is 1.13 bits per heavy atom. The highest BCUT2D eigenvalue weighted by molar-refractivity contribution is 7.89. The van der Waals surface area contributed by atoms with Gasteiger partial charge in [0.25, 0.3) is 0 Å². The molecule has 2 aromatic heterocycles. The second kappa shape index (κ2) is 6.27. The number of aryl methyl sites for hydroxylation is 1. The Labute approximate surface area is 133 Å². The Hall–Kier alpha value is -2.58. The Morgan fingerprint density at radius 3 is 2.65 bits per heavy atom. The summed E-state index contributed by atoms with van der Waals surface area (Å²) in [5.41, 5.74) is 1.59. The second-order valence-corrected chi connectivity index (χ2v) is 6.64. The molecule has 0 saturated heterocycles. The molecule has 23 heavy (non-hydrogen) atoms. The Balaban J connectivity index is 1.73. The van der Waals surface area contributed by atoms with Crippen molar-refractivity contribution < 1.29 is 12.8 Å². The third-order valence-electron chi connectivity index (χ3n) is 3.11. The first kappa shape index (κ1) is 15.3. The fourth-order valence-electron chi connectivity index (χ4n) is 1.96. The van der Waals surface area contributed by atoms with Gasteiger partial charge in [0.2, 0.25) is 21.8 Å². The number of pyridine rings is 1. The van der Waals surface area contributed by atoms with Gasteiger partial charge in [-0.2, -0.15) is 0 Å². The summed E-state index contributed by atoms with van der Waals surface area (Å²) in [6, 6.07) is 10.1. The smallest absolute Gasteiger partial charge is 0.247 e. The highest BCUT2D eigenvalue weighted by Crippen LogP contribution is 2.17. The van der Waals surface area contributed by atoms with Crippen LogP contribution in [0.3, 0.4) is 0 Å². The Bertz CT molecular complexity index is 907. The molecule has 7 nitrogen and oxygen atoms in total. The molecule has 0 aliphatic heterocycles. The number of aromatic nitrogens is 3. The second-order valence-electron chi connectivity index (χ2n) is 4.88. The van der Waals surface area contributed by atoms with E-state index >= 15 is 0 Å². The average Bonchev–Trinajstić information content (AvgIpc) is 3.03. The third-order valence-corrected chi connectivity index (χ3v) is 4.51. The van der Waals surface area contributed by atoms with Crippen LogP contribution in [0.15, 0.2) is 58.1 Å². The van der Waals surface area contributed by atoms with Crippen LogP contribution in [-0.2, 0) is 16.6 Å². The van der Waals surface area contributed by atoms with Crippen molar-refractivity contribution in [3.05, 3.63) is 60.2 Å². The van der Waals surface area contributed by atoms with Crippen molar-refractivity contribution in [3.8, 4) is 11.5 Å². The third kappa shape index (κ3) is 3.61. The van der Waals surface area contributed by atoms with Crippen LogP contribution in [-0.4, -0.2) is 23.6 Å². The number of hydrogen-bond acceptors (Lipinski definition) is 6. The van der Waals surface area contributed by atoms with Crippen molar-refractivity contribution in [2.75, 3.05) is 0 Å². The molecule has 0 amide bonds. The largest absolute Gasteiger partial charge is 0.419 e. The molecular formula is C15H14N4O3S. The summed E-state index contributed by atoms with van der Waals surface area (Å²) in [6.45, 7) is 1.76. The van der Waals surface area contributed by atoms with E-state index in [0.29, 0.717) is 5.89 Å². The van der Waals surface area contributed by atoms with Gasteiger partial charge in [-0.15, -0.1) is 10.2 Å². The summed E-state index contributed by atoms with van der Waals surface area (Å²) in [4.78, 5) is 4.11. The van der Waals surface area contributed by atoms with Crippen LogP contribution >= 0.6 is 0 Å². The maximum Gasteiger partial charge on any atom is 0.247 e. The van der Waals surface area contributed by atoms with Gasteiger partial charge in [0.05, 0.1) is 11.4 Å². The molecule has 8 heteroatoms. The molecule has 0 atom stereocenters. The minimum atomic E-state index is -3.62. The van der Waals surface area contributed by atoms with Gasteiger partial charge in [-0.05, 0) is 36.8 Å². The van der Waals surface area contributed by atoms with Crippen molar-refractivity contribution in [1.29, 1.82) is 0 Å². The summed E-state index contributed by atoms with van der Waals surface area (Å²) >= 11 is 0. The van der Waals surface area contributed by atoms with Crippen molar-refractivity contribution in [2.24, 2.45) is 0 Å². The van der Waals surface area contributed by atoms with Crippen molar-refractivity contribution in [1.82, 2.24) is 19.9 Å². The Morgan fingerprint density at radius 2 is 1.91 bits per heavy atom. The lowest BCUT2D eigenvalue weighted by Gasteiger charge is -2.05. The lowest BCUT2D eigenvalue weighted by atomic mass is 10.2. The zero-order valence-corrected chi connectivity index (χ0v) is 13.1. The predicted molar refractivity (Wildman–Crippen MR) is 82.7 cm³/mol. The maximum atomic E-state index is 12.2. The van der Waals surface area contributed by atoms with Crippen LogP contribution in [0.2, 0.25) is 0 Å². The predicted octanol–water partition coefficient (Wildman–Crippen LogP) is 1.92. The van der Waals surface area contributed by atoms with Crippen LogP contribution < -0.4 is 4.72 Å². The molecule has 0 bridgehead atoms. The lowest BCUT2D eigenvalue weighted by molar-refractivity contribution is 0.494. The van der Waals surface area contributed by atoms with Crippen LogP contribution in [0.25, 0.3) is 11.5 Å². The number of nitrogens with zero attached hydrogens (tertiary/aromatic N) is 3. The SMILES string of the molecule is Cc1cccc(S(=O)(=O)NCc2nnc(-c3ccncc3)o2)c1. The van der Waals surface area contributed by atoms with Crippen molar-refractivity contribution in [3.63, 3.8) is 0 Å². The van der Waals surface area contributed by atoms with Gasteiger partial charge in [0.15, 0.2) is 0 Å². The molecule has 0 aliphatic carbocycles. The van der Waals surface area contributed by atoms with E-state index in [4.69, 9.17) is 4.42 Å². The molecule has 118 valence electrons. The van der Waals surface area contributed by atoms with Gasteiger partial charge in [0, 0.05) is 18.0 Å². The van der Waals surface area contributed by atoms with Gasteiger partial charge in [-0.1, -0.05) is 12.1 Å². The quantitative estimate of drug-likeness (QED) is 0.767. The van der Waals surface area contributed by atoms with Crippen LogP contribution in [0.5, 0.6) is 0 Å². The first-order chi connectivity index (χ1) is 11.0. The average molecular weight is 330 g/mol. The molecular weight excluding hydrogens is 316 g/mol. The lowest BCUT2D eigenvalue weighted by Crippen LogP contribution is -2.23. The molecule has 1 N–H and O–H groups in total. The number of rotatable bonds is 5. The summed E-state index contributed by atoms with van der Waals surface area (Å²) in [5.74, 6) is 0.505. The summed E-state index contributed by atoms with van der Waals surface area (Å²) in [6.07, 6.45) is 3.22. The van der Waals surface area contributed by atoms with Crippen LogP contribution in [0.1, 0.15) is 11.5 Å². The highest BCUT2D eigenvalue weighted by Gasteiger charge is 2.16. The van der Waals surface area contributed by atoms with Gasteiger partial charge >= 0.3 is 0 Å². The molecule has 0 radical (unpaired) electrons. The van der Waals surface area contributed by atoms with Gasteiger partial charge in [-0.3, -0.25) is 4.98 Å². The minimum absolute atomic E-state index is 0.0750. The Kier molecular flexibility index (Phi) is 4.18. The molecule has 0 unspecified atom stereocenters. The highest BCUT2D eigenvalue weighted by atomic mass is 32.2. The molecule has 0 fully saturated rings. The van der Waals surface area contributed by atoms with E-state index < -0.39 is 10.0 Å². The topological polar surface area (TPSA) is 98.0 Å². The standard InChI is InChI=1S/C15H14N4O3S/c1-11-3-2-4-13(9-11)23(20,21)17-10-14-18-19-15(22-14)12-5-7-16-8-6-12/h2-9,17H,10H2,1H3. The number of sulfonamides is 1. The summed E-state index contributed by atoms with van der Waals surface area (Å²) in [7, 11) is -3.62. The van der Waals surface area contributed by atoms with E-state index in [1.165, 1.54) is 6.07 Å². The fourth-order valence-corrected chi connectivity index (χ4v) is 3.04. The molecule has 3 rings (SSSR count). The van der Waals surface area contributed by atoms with Crippen LogP contribution in [0.4, 0.5) is 0 Å². The number of hydrogen-bond donors (Lipinski definition) is 1.